The number of carbonyl (C=O) groups excluding carboxylic acids is 2. The molecule has 1 atom stereocenters. The van der Waals surface area contributed by atoms with E-state index < -0.39 is 0 Å². The number of allylic oxidation sites excluding steroid dienone is 2. The SMILES string of the molecule is CCCC(=O)C1=C(O)CC(c2cc3ccccc3o2)CC1=O. The number of ketones is 2. The van der Waals surface area contributed by atoms with Gasteiger partial charge >= 0.3 is 0 Å². The van der Waals surface area contributed by atoms with Gasteiger partial charge in [0.25, 0.3) is 0 Å². The quantitative estimate of drug-likeness (QED) is 0.864. The van der Waals surface area contributed by atoms with Crippen molar-refractivity contribution in [1.82, 2.24) is 0 Å². The third-order valence-corrected chi connectivity index (χ3v) is 4.04. The fraction of sp³-hybridized carbons (Fsp3) is 0.333. The summed E-state index contributed by atoms with van der Waals surface area (Å²) in [6, 6.07) is 9.53. The topological polar surface area (TPSA) is 67.5 Å². The highest BCUT2D eigenvalue weighted by molar-refractivity contribution is 6.21. The Morgan fingerprint density at radius 1 is 1.32 bits per heavy atom. The molecule has 0 saturated heterocycles. The molecule has 114 valence electrons. The fourth-order valence-corrected chi connectivity index (χ4v) is 2.97. The van der Waals surface area contributed by atoms with Gasteiger partial charge in [-0.15, -0.1) is 0 Å². The van der Waals surface area contributed by atoms with Crippen LogP contribution in [0.1, 0.15) is 44.3 Å². The minimum absolute atomic E-state index is 0.00536. The van der Waals surface area contributed by atoms with Crippen molar-refractivity contribution in [3.63, 3.8) is 0 Å². The van der Waals surface area contributed by atoms with Crippen LogP contribution in [0.4, 0.5) is 0 Å². The molecule has 2 aromatic rings. The van der Waals surface area contributed by atoms with E-state index in [1.807, 2.05) is 37.3 Å². The van der Waals surface area contributed by atoms with Crippen molar-refractivity contribution >= 4 is 22.5 Å². The molecule has 0 bridgehead atoms. The van der Waals surface area contributed by atoms with Gasteiger partial charge in [0.2, 0.25) is 0 Å². The van der Waals surface area contributed by atoms with Gasteiger partial charge in [-0.25, -0.2) is 0 Å². The minimum atomic E-state index is -0.285. The number of para-hydroxylation sites is 1. The van der Waals surface area contributed by atoms with Crippen LogP contribution in [0.25, 0.3) is 11.0 Å². The van der Waals surface area contributed by atoms with Crippen molar-refractivity contribution in [1.29, 1.82) is 0 Å². The Kier molecular flexibility index (Phi) is 3.84. The van der Waals surface area contributed by atoms with Crippen molar-refractivity contribution < 1.29 is 19.1 Å². The summed E-state index contributed by atoms with van der Waals surface area (Å²) in [5, 5.41) is 11.1. The Labute approximate surface area is 128 Å². The maximum atomic E-state index is 12.2. The zero-order valence-corrected chi connectivity index (χ0v) is 12.5. The molecule has 0 aliphatic heterocycles. The van der Waals surface area contributed by atoms with Gasteiger partial charge in [0.15, 0.2) is 11.6 Å². The predicted octanol–water partition coefficient (Wildman–Crippen LogP) is 4.06. The molecule has 1 aromatic heterocycles. The van der Waals surface area contributed by atoms with Gasteiger partial charge in [-0.3, -0.25) is 9.59 Å². The van der Waals surface area contributed by atoms with Gasteiger partial charge in [0.1, 0.15) is 17.1 Å². The maximum Gasteiger partial charge on any atom is 0.170 e. The van der Waals surface area contributed by atoms with Crippen LogP contribution in [0.3, 0.4) is 0 Å². The van der Waals surface area contributed by atoms with Gasteiger partial charge in [-0.1, -0.05) is 25.1 Å². The van der Waals surface area contributed by atoms with E-state index in [1.165, 1.54) is 0 Å². The highest BCUT2D eigenvalue weighted by atomic mass is 16.3. The number of furan rings is 1. The summed E-state index contributed by atoms with van der Waals surface area (Å²) in [5.41, 5.74) is 0.760. The van der Waals surface area contributed by atoms with Crippen molar-refractivity contribution in [3.05, 3.63) is 47.4 Å². The smallest absolute Gasteiger partial charge is 0.170 e. The van der Waals surface area contributed by atoms with E-state index in [1.54, 1.807) is 0 Å². The molecule has 0 amide bonds. The van der Waals surface area contributed by atoms with Crippen LogP contribution in [-0.2, 0) is 9.59 Å². The predicted molar refractivity (Wildman–Crippen MR) is 82.8 cm³/mol. The Morgan fingerprint density at radius 3 is 2.77 bits per heavy atom. The second-order valence-corrected chi connectivity index (χ2v) is 5.71. The first-order chi connectivity index (χ1) is 10.6. The molecule has 3 rings (SSSR count). The van der Waals surface area contributed by atoms with E-state index in [4.69, 9.17) is 4.42 Å². The molecule has 4 heteroatoms. The second kappa shape index (κ2) is 5.79. The van der Waals surface area contributed by atoms with Gasteiger partial charge in [-0.05, 0) is 18.6 Å². The van der Waals surface area contributed by atoms with Crippen LogP contribution in [-0.4, -0.2) is 16.7 Å². The third-order valence-electron chi connectivity index (χ3n) is 4.04. The van der Waals surface area contributed by atoms with Crippen molar-refractivity contribution in [2.24, 2.45) is 0 Å². The maximum absolute atomic E-state index is 12.2. The zero-order chi connectivity index (χ0) is 15.7. The first-order valence-corrected chi connectivity index (χ1v) is 7.57. The largest absolute Gasteiger partial charge is 0.511 e. The van der Waals surface area contributed by atoms with E-state index >= 15 is 0 Å². The van der Waals surface area contributed by atoms with E-state index in [2.05, 4.69) is 0 Å². The molecule has 1 N–H and O–H groups in total. The molecule has 1 aliphatic rings. The van der Waals surface area contributed by atoms with E-state index in [9.17, 15) is 14.7 Å². The molecule has 1 aliphatic carbocycles. The first-order valence-electron chi connectivity index (χ1n) is 7.57. The van der Waals surface area contributed by atoms with Crippen LogP contribution in [0.5, 0.6) is 0 Å². The molecule has 1 unspecified atom stereocenters. The lowest BCUT2D eigenvalue weighted by Gasteiger charge is -2.21. The Bertz CT molecular complexity index is 733. The number of rotatable bonds is 4. The molecule has 22 heavy (non-hydrogen) atoms. The number of aliphatic hydroxyl groups excluding tert-OH is 1. The summed E-state index contributed by atoms with van der Waals surface area (Å²) in [7, 11) is 0. The van der Waals surface area contributed by atoms with Crippen LogP contribution in [0.2, 0.25) is 0 Å². The molecule has 1 heterocycles. The molecular weight excluding hydrogens is 280 g/mol. The number of hydrogen-bond acceptors (Lipinski definition) is 4. The number of hydrogen-bond donors (Lipinski definition) is 1. The summed E-state index contributed by atoms with van der Waals surface area (Å²) < 4.78 is 5.78. The number of fused-ring (bicyclic) bond motifs is 1. The average molecular weight is 298 g/mol. The van der Waals surface area contributed by atoms with Gasteiger partial charge in [0, 0.05) is 30.6 Å². The monoisotopic (exact) mass is 298 g/mol. The number of Topliss-reactive ketones (excluding diaryl/α,β-unsaturated/α-hetero) is 2. The summed E-state index contributed by atoms with van der Waals surface area (Å²) in [4.78, 5) is 24.2. The molecule has 0 saturated carbocycles. The van der Waals surface area contributed by atoms with Crippen LogP contribution >= 0.6 is 0 Å². The lowest BCUT2D eigenvalue weighted by atomic mass is 9.83. The summed E-state index contributed by atoms with van der Waals surface area (Å²) in [6.07, 6.45) is 1.43. The molecule has 0 fully saturated rings. The number of carbonyl (C=O) groups is 2. The zero-order valence-electron chi connectivity index (χ0n) is 12.5. The molecule has 0 radical (unpaired) electrons. The van der Waals surface area contributed by atoms with Gasteiger partial charge < -0.3 is 9.52 Å². The third kappa shape index (κ3) is 2.56. The van der Waals surface area contributed by atoms with E-state index in [-0.39, 0.29) is 41.7 Å². The summed E-state index contributed by atoms with van der Waals surface area (Å²) >= 11 is 0. The number of aliphatic hydroxyl groups is 1. The van der Waals surface area contributed by atoms with Crippen molar-refractivity contribution in [2.45, 2.75) is 38.5 Å². The Hall–Kier alpha value is -2.36. The average Bonchev–Trinajstić information content (AvgIpc) is 2.90. The lowest BCUT2D eigenvalue weighted by molar-refractivity contribution is -0.122. The van der Waals surface area contributed by atoms with Crippen LogP contribution in [0, 0.1) is 0 Å². The first kappa shape index (κ1) is 14.6. The van der Waals surface area contributed by atoms with E-state index in [0.29, 0.717) is 18.6 Å². The Morgan fingerprint density at radius 2 is 2.09 bits per heavy atom. The highest BCUT2D eigenvalue weighted by Crippen LogP contribution is 2.36. The lowest BCUT2D eigenvalue weighted by Crippen LogP contribution is -2.23. The van der Waals surface area contributed by atoms with Crippen LogP contribution in [0.15, 0.2) is 46.1 Å². The molecule has 0 spiro atoms. The Balaban J connectivity index is 1.89. The van der Waals surface area contributed by atoms with Gasteiger partial charge in [-0.2, -0.15) is 0 Å². The summed E-state index contributed by atoms with van der Waals surface area (Å²) in [6.45, 7) is 1.88. The van der Waals surface area contributed by atoms with Gasteiger partial charge in [0.05, 0.1) is 5.57 Å². The second-order valence-electron chi connectivity index (χ2n) is 5.71. The van der Waals surface area contributed by atoms with Crippen LogP contribution < -0.4 is 0 Å². The van der Waals surface area contributed by atoms with E-state index in [0.717, 1.165) is 11.0 Å². The van der Waals surface area contributed by atoms with Crippen molar-refractivity contribution in [2.75, 3.05) is 0 Å². The molecule has 1 aromatic carbocycles. The molecule has 4 nitrogen and oxygen atoms in total. The fourth-order valence-electron chi connectivity index (χ4n) is 2.97. The number of benzene rings is 1. The van der Waals surface area contributed by atoms with Crippen molar-refractivity contribution in [3.8, 4) is 0 Å². The molecular formula is C18H18O4. The standard InChI is InChI=1S/C18H18O4/c1-2-5-13(19)18-14(20)8-12(9-15(18)21)17-10-11-6-3-4-7-16(11)22-17/h3-4,6-7,10,12,20H,2,5,8-9H2,1H3. The minimum Gasteiger partial charge on any atom is -0.511 e. The highest BCUT2D eigenvalue weighted by Gasteiger charge is 2.33. The summed E-state index contributed by atoms with van der Waals surface area (Å²) in [5.74, 6) is -0.165. The normalized spacial score (nSPS) is 19.0.